The molecule has 0 aromatic heterocycles. The first-order chi connectivity index (χ1) is 11.0. The Bertz CT molecular complexity index is 526. The van der Waals surface area contributed by atoms with Gasteiger partial charge in [-0.1, -0.05) is 12.1 Å². The van der Waals surface area contributed by atoms with Gasteiger partial charge in [0.1, 0.15) is 5.75 Å². The highest BCUT2D eigenvalue weighted by atomic mass is 16.5. The Hall–Kier alpha value is -1.43. The maximum atomic E-state index is 13.1. The van der Waals surface area contributed by atoms with Crippen molar-refractivity contribution >= 4 is 5.78 Å². The lowest BCUT2D eigenvalue weighted by molar-refractivity contribution is -0.0803. The number of methoxy groups -OCH3 is 1. The number of para-hydroxylation sites is 1. The van der Waals surface area contributed by atoms with Crippen LogP contribution < -0.4 is 4.74 Å². The summed E-state index contributed by atoms with van der Waals surface area (Å²) in [5, 5.41) is 9.21. The fourth-order valence-electron chi connectivity index (χ4n) is 3.56. The van der Waals surface area contributed by atoms with E-state index in [1.165, 1.54) is 0 Å². The summed E-state index contributed by atoms with van der Waals surface area (Å²) in [6.45, 7) is 4.96. The van der Waals surface area contributed by atoms with Crippen molar-refractivity contribution in [2.45, 2.75) is 45.1 Å². The highest BCUT2D eigenvalue weighted by Crippen LogP contribution is 2.37. The molecule has 0 aliphatic carbocycles. The number of rotatable bonds is 7. The van der Waals surface area contributed by atoms with E-state index in [0.29, 0.717) is 30.8 Å². The number of benzene rings is 1. The lowest BCUT2D eigenvalue weighted by atomic mass is 9.74. The van der Waals surface area contributed by atoms with Gasteiger partial charge < -0.3 is 20.1 Å². The highest BCUT2D eigenvalue weighted by Gasteiger charge is 2.37. The predicted molar refractivity (Wildman–Crippen MR) is 93.5 cm³/mol. The number of aliphatic hydroxyl groups is 1. The molecule has 0 saturated carbocycles. The van der Waals surface area contributed by atoms with Crippen LogP contribution in [-0.4, -0.2) is 42.3 Å². The fourth-order valence-corrected chi connectivity index (χ4v) is 3.56. The van der Waals surface area contributed by atoms with Crippen molar-refractivity contribution in [3.05, 3.63) is 29.8 Å². The molecule has 0 radical (unpaired) electrons. The predicted octanol–water partition coefficient (Wildman–Crippen LogP) is 2.65. The van der Waals surface area contributed by atoms with E-state index in [1.54, 1.807) is 7.11 Å². The van der Waals surface area contributed by atoms with Crippen LogP contribution in [0.15, 0.2) is 24.3 Å². The molecule has 3 N–H and O–H groups in total. The minimum Gasteiger partial charge on any atom is -0.496 e. The maximum absolute atomic E-state index is 13.1. The quantitative estimate of drug-likeness (QED) is 0.774. The van der Waals surface area contributed by atoms with Crippen molar-refractivity contribution in [2.75, 3.05) is 20.3 Å². The molecule has 0 bridgehead atoms. The number of ether oxygens (including phenoxy) is 2. The summed E-state index contributed by atoms with van der Waals surface area (Å²) in [4.78, 5) is 13.1. The Morgan fingerprint density at radius 1 is 1.42 bits per heavy atom. The lowest BCUT2D eigenvalue weighted by Gasteiger charge is -2.39. The van der Waals surface area contributed by atoms with E-state index < -0.39 is 0 Å². The molecular formula is C19H30O5. The average molecular weight is 338 g/mol. The van der Waals surface area contributed by atoms with Gasteiger partial charge in [-0.3, -0.25) is 4.79 Å². The van der Waals surface area contributed by atoms with Gasteiger partial charge in [-0.25, -0.2) is 0 Å². The number of hydrogen-bond acceptors (Lipinski definition) is 4. The normalized spacial score (nSPS) is 20.8. The zero-order valence-electron chi connectivity index (χ0n) is 14.9. The third kappa shape index (κ3) is 5.03. The van der Waals surface area contributed by atoms with Gasteiger partial charge in [0.2, 0.25) is 0 Å². The van der Waals surface area contributed by atoms with E-state index in [2.05, 4.69) is 13.8 Å². The Balaban J connectivity index is 0.00000288. The van der Waals surface area contributed by atoms with Gasteiger partial charge in [-0.05, 0) is 57.6 Å². The highest BCUT2D eigenvalue weighted by molar-refractivity contribution is 6.00. The number of carbonyl (C=O) groups excluding carboxylic acids is 1. The van der Waals surface area contributed by atoms with Crippen LogP contribution in [0.2, 0.25) is 0 Å². The second-order valence-corrected chi connectivity index (χ2v) is 6.90. The van der Waals surface area contributed by atoms with Gasteiger partial charge in [0.15, 0.2) is 5.78 Å². The molecule has 136 valence electrons. The van der Waals surface area contributed by atoms with Gasteiger partial charge in [-0.15, -0.1) is 0 Å². The molecule has 1 heterocycles. The molecule has 5 heteroatoms. The molecule has 2 rings (SSSR count). The fraction of sp³-hybridized carbons (Fsp3) is 0.632. The molecule has 2 atom stereocenters. The molecule has 0 spiro atoms. The smallest absolute Gasteiger partial charge is 0.169 e. The van der Waals surface area contributed by atoms with Crippen molar-refractivity contribution < 1.29 is 24.9 Å². The molecule has 2 unspecified atom stereocenters. The van der Waals surface area contributed by atoms with Crippen LogP contribution >= 0.6 is 0 Å². The van der Waals surface area contributed by atoms with Crippen molar-refractivity contribution in [1.82, 2.24) is 0 Å². The van der Waals surface area contributed by atoms with Gasteiger partial charge in [0.25, 0.3) is 0 Å². The summed E-state index contributed by atoms with van der Waals surface area (Å²) in [7, 11) is 1.59. The molecule has 1 aliphatic rings. The molecule has 1 aromatic rings. The van der Waals surface area contributed by atoms with E-state index >= 15 is 0 Å². The standard InChI is InChI=1S/C19H28O4.H2O/c1-19(2)13-14(10-12-23-19)15(8-6-11-20)18(21)16-7-4-5-9-17(16)22-3;/h4-5,7,9,14-15,20H,6,8,10-13H2,1-3H3;1H2. The molecule has 1 aromatic carbocycles. The van der Waals surface area contributed by atoms with Gasteiger partial charge in [0, 0.05) is 19.1 Å². The molecule has 1 aliphatic heterocycles. The van der Waals surface area contributed by atoms with Gasteiger partial charge >= 0.3 is 0 Å². The molecule has 5 nitrogen and oxygen atoms in total. The molecule has 1 saturated heterocycles. The maximum Gasteiger partial charge on any atom is 0.169 e. The Morgan fingerprint density at radius 3 is 2.75 bits per heavy atom. The number of ketones is 1. The number of aliphatic hydroxyl groups excluding tert-OH is 1. The summed E-state index contributed by atoms with van der Waals surface area (Å²) in [6.07, 6.45) is 3.10. The largest absolute Gasteiger partial charge is 0.496 e. The third-order valence-electron chi connectivity index (χ3n) is 4.69. The van der Waals surface area contributed by atoms with Crippen LogP contribution in [0.1, 0.15) is 49.9 Å². The van der Waals surface area contributed by atoms with Crippen LogP contribution in [0, 0.1) is 11.8 Å². The van der Waals surface area contributed by atoms with Crippen LogP contribution in [0.3, 0.4) is 0 Å². The van der Waals surface area contributed by atoms with E-state index in [0.717, 1.165) is 12.8 Å². The SMILES string of the molecule is COc1ccccc1C(=O)C(CCCO)C1CCOC(C)(C)C1.O. The van der Waals surface area contributed by atoms with E-state index in [-0.39, 0.29) is 35.3 Å². The zero-order valence-corrected chi connectivity index (χ0v) is 14.9. The van der Waals surface area contributed by atoms with Crippen molar-refractivity contribution in [3.8, 4) is 5.75 Å². The van der Waals surface area contributed by atoms with Crippen molar-refractivity contribution in [3.63, 3.8) is 0 Å². The Kier molecular flexibility index (Phi) is 7.87. The van der Waals surface area contributed by atoms with Crippen LogP contribution in [0.5, 0.6) is 5.75 Å². The van der Waals surface area contributed by atoms with Crippen LogP contribution in [-0.2, 0) is 4.74 Å². The van der Waals surface area contributed by atoms with Gasteiger partial charge in [0.05, 0.1) is 18.3 Å². The summed E-state index contributed by atoms with van der Waals surface area (Å²) in [6, 6.07) is 7.39. The summed E-state index contributed by atoms with van der Waals surface area (Å²) < 4.78 is 11.1. The summed E-state index contributed by atoms with van der Waals surface area (Å²) in [5.41, 5.74) is 0.448. The van der Waals surface area contributed by atoms with E-state index in [9.17, 15) is 9.90 Å². The van der Waals surface area contributed by atoms with Crippen molar-refractivity contribution in [2.24, 2.45) is 11.8 Å². The first-order valence-electron chi connectivity index (χ1n) is 8.40. The monoisotopic (exact) mass is 338 g/mol. The van der Waals surface area contributed by atoms with Crippen LogP contribution in [0.4, 0.5) is 0 Å². The second-order valence-electron chi connectivity index (χ2n) is 6.90. The number of hydrogen-bond donors (Lipinski definition) is 1. The van der Waals surface area contributed by atoms with E-state index in [4.69, 9.17) is 9.47 Å². The first kappa shape index (κ1) is 20.6. The Morgan fingerprint density at radius 2 is 2.12 bits per heavy atom. The van der Waals surface area contributed by atoms with Gasteiger partial charge in [-0.2, -0.15) is 0 Å². The van der Waals surface area contributed by atoms with Crippen LogP contribution in [0.25, 0.3) is 0 Å². The number of Topliss-reactive ketones (excluding diaryl/α,β-unsaturated/α-hetero) is 1. The Labute approximate surface area is 144 Å². The second kappa shape index (κ2) is 9.16. The molecule has 24 heavy (non-hydrogen) atoms. The summed E-state index contributed by atoms with van der Waals surface area (Å²) >= 11 is 0. The first-order valence-corrected chi connectivity index (χ1v) is 8.40. The minimum absolute atomic E-state index is 0. The molecular weight excluding hydrogens is 308 g/mol. The lowest BCUT2D eigenvalue weighted by Crippen LogP contribution is -2.39. The average Bonchev–Trinajstić information content (AvgIpc) is 2.54. The minimum atomic E-state index is -0.193. The van der Waals surface area contributed by atoms with E-state index in [1.807, 2.05) is 24.3 Å². The van der Waals surface area contributed by atoms with Crippen molar-refractivity contribution in [1.29, 1.82) is 0 Å². The number of carbonyl (C=O) groups is 1. The zero-order chi connectivity index (χ0) is 16.9. The molecule has 0 amide bonds. The summed E-state index contributed by atoms with van der Waals surface area (Å²) in [5.74, 6) is 0.931. The topological polar surface area (TPSA) is 87.3 Å². The molecule has 1 fully saturated rings. The third-order valence-corrected chi connectivity index (χ3v) is 4.69.